The maximum atomic E-state index is 12.5. The van der Waals surface area contributed by atoms with Crippen LogP contribution in [0.2, 0.25) is 5.02 Å². The van der Waals surface area contributed by atoms with Crippen molar-refractivity contribution >= 4 is 43.2 Å². The number of benzene rings is 2. The van der Waals surface area contributed by atoms with Gasteiger partial charge in [0.1, 0.15) is 0 Å². The summed E-state index contributed by atoms with van der Waals surface area (Å²) >= 11 is 9.27. The third-order valence-corrected chi connectivity index (χ3v) is 5.36. The number of hydrogen-bond donors (Lipinski definition) is 2. The molecule has 2 aromatic rings. The van der Waals surface area contributed by atoms with E-state index in [4.69, 9.17) is 11.6 Å². The van der Waals surface area contributed by atoms with Gasteiger partial charge in [-0.2, -0.15) is 0 Å². The Balaban J connectivity index is 2.46. The molecule has 0 radical (unpaired) electrons. The minimum atomic E-state index is -3.78. The van der Waals surface area contributed by atoms with Gasteiger partial charge in [-0.05, 0) is 42.3 Å². The van der Waals surface area contributed by atoms with Crippen molar-refractivity contribution < 1.29 is 13.5 Å². The van der Waals surface area contributed by atoms with Crippen molar-refractivity contribution in [3.63, 3.8) is 0 Å². The first-order valence-corrected chi connectivity index (χ1v) is 8.68. The first-order valence-electron chi connectivity index (χ1n) is 6.02. The van der Waals surface area contributed by atoms with Gasteiger partial charge < -0.3 is 5.11 Å². The Labute approximate surface area is 136 Å². The molecule has 7 heteroatoms. The van der Waals surface area contributed by atoms with Crippen molar-refractivity contribution in [1.29, 1.82) is 0 Å². The number of sulfonamides is 1. The molecule has 2 rings (SSSR count). The molecular weight excluding hydrogens is 378 g/mol. The first kappa shape index (κ1) is 16.3. The number of halogens is 2. The third kappa shape index (κ3) is 3.58. The largest absolute Gasteiger partial charge is 0.392 e. The Morgan fingerprint density at radius 1 is 1.29 bits per heavy atom. The average Bonchev–Trinajstić information content (AvgIpc) is 2.42. The minimum Gasteiger partial charge on any atom is -0.392 e. The number of aliphatic hydroxyl groups excluding tert-OH is 1. The number of hydrogen-bond acceptors (Lipinski definition) is 3. The SMILES string of the molecule is Cc1c(CO)cccc1S(=O)(=O)Nc1cc(Br)ccc1Cl. The molecule has 21 heavy (non-hydrogen) atoms. The lowest BCUT2D eigenvalue weighted by Crippen LogP contribution is -2.15. The maximum absolute atomic E-state index is 12.5. The fourth-order valence-corrected chi connectivity index (χ4v) is 3.84. The van der Waals surface area contributed by atoms with Crippen molar-refractivity contribution in [2.45, 2.75) is 18.4 Å². The Kier molecular flexibility index (Phi) is 4.93. The number of nitrogens with one attached hydrogen (secondary N) is 1. The van der Waals surface area contributed by atoms with Gasteiger partial charge in [-0.25, -0.2) is 8.42 Å². The highest BCUT2D eigenvalue weighted by molar-refractivity contribution is 9.10. The van der Waals surface area contributed by atoms with Crippen LogP contribution in [0.3, 0.4) is 0 Å². The quantitative estimate of drug-likeness (QED) is 0.836. The van der Waals surface area contributed by atoms with Gasteiger partial charge in [0.2, 0.25) is 0 Å². The van der Waals surface area contributed by atoms with Gasteiger partial charge in [-0.1, -0.05) is 39.7 Å². The van der Waals surface area contributed by atoms with Crippen LogP contribution in [0.5, 0.6) is 0 Å². The van der Waals surface area contributed by atoms with Crippen LogP contribution >= 0.6 is 27.5 Å². The number of rotatable bonds is 4. The van der Waals surface area contributed by atoms with E-state index >= 15 is 0 Å². The molecule has 0 bridgehead atoms. The van der Waals surface area contributed by atoms with Crippen LogP contribution in [0.25, 0.3) is 0 Å². The molecule has 0 saturated carbocycles. The molecule has 112 valence electrons. The first-order chi connectivity index (χ1) is 9.85. The Morgan fingerprint density at radius 3 is 2.67 bits per heavy atom. The molecule has 0 aromatic heterocycles. The molecule has 0 spiro atoms. The van der Waals surface area contributed by atoms with Gasteiger partial charge in [0.15, 0.2) is 0 Å². The lowest BCUT2D eigenvalue weighted by Gasteiger charge is -2.13. The highest BCUT2D eigenvalue weighted by atomic mass is 79.9. The molecule has 0 unspecified atom stereocenters. The van der Waals surface area contributed by atoms with Crippen molar-refractivity contribution in [3.8, 4) is 0 Å². The topological polar surface area (TPSA) is 66.4 Å². The van der Waals surface area contributed by atoms with E-state index in [-0.39, 0.29) is 11.5 Å². The summed E-state index contributed by atoms with van der Waals surface area (Å²) in [6.45, 7) is 1.44. The predicted octanol–water partition coefficient (Wildman–Crippen LogP) is 3.70. The van der Waals surface area contributed by atoms with Crippen molar-refractivity contribution in [3.05, 3.63) is 57.0 Å². The second-order valence-corrected chi connectivity index (χ2v) is 7.40. The summed E-state index contributed by atoms with van der Waals surface area (Å²) in [7, 11) is -3.78. The molecule has 0 amide bonds. The summed E-state index contributed by atoms with van der Waals surface area (Å²) in [5.74, 6) is 0. The molecule has 0 atom stereocenters. The maximum Gasteiger partial charge on any atom is 0.262 e. The smallest absolute Gasteiger partial charge is 0.262 e. The Bertz CT molecular complexity index is 778. The zero-order chi connectivity index (χ0) is 15.6. The zero-order valence-electron chi connectivity index (χ0n) is 11.1. The fraction of sp³-hybridized carbons (Fsp3) is 0.143. The van der Waals surface area contributed by atoms with E-state index in [1.165, 1.54) is 6.07 Å². The van der Waals surface area contributed by atoms with Crippen LogP contribution in [0.4, 0.5) is 5.69 Å². The van der Waals surface area contributed by atoms with Crippen LogP contribution in [-0.2, 0) is 16.6 Å². The lowest BCUT2D eigenvalue weighted by molar-refractivity contribution is 0.280. The molecule has 0 aliphatic rings. The van der Waals surface area contributed by atoms with Gasteiger partial charge in [-0.15, -0.1) is 0 Å². The summed E-state index contributed by atoms with van der Waals surface area (Å²) in [4.78, 5) is 0.116. The zero-order valence-corrected chi connectivity index (χ0v) is 14.3. The molecule has 0 heterocycles. The number of aliphatic hydroxyl groups is 1. The summed E-state index contributed by atoms with van der Waals surface area (Å²) < 4.78 is 28.2. The van der Waals surface area contributed by atoms with Gasteiger partial charge in [0.05, 0.1) is 22.2 Å². The third-order valence-electron chi connectivity index (χ3n) is 3.03. The predicted molar refractivity (Wildman–Crippen MR) is 87.1 cm³/mol. The summed E-state index contributed by atoms with van der Waals surface area (Å²) in [6, 6.07) is 9.67. The number of anilines is 1. The van der Waals surface area contributed by atoms with Gasteiger partial charge in [0, 0.05) is 4.47 Å². The Morgan fingerprint density at radius 2 is 2.00 bits per heavy atom. The Hall–Kier alpha value is -1.08. The second-order valence-electron chi connectivity index (χ2n) is 4.43. The summed E-state index contributed by atoms with van der Waals surface area (Å²) in [5.41, 5.74) is 1.37. The average molecular weight is 391 g/mol. The monoisotopic (exact) mass is 389 g/mol. The van der Waals surface area contributed by atoms with Crippen molar-refractivity contribution in [2.24, 2.45) is 0 Å². The van der Waals surface area contributed by atoms with Crippen molar-refractivity contribution in [2.75, 3.05) is 4.72 Å². The molecular formula is C14H13BrClNO3S. The van der Waals surface area contributed by atoms with Crippen LogP contribution in [0.1, 0.15) is 11.1 Å². The molecule has 4 nitrogen and oxygen atoms in total. The molecule has 2 aromatic carbocycles. The fourth-order valence-electron chi connectivity index (χ4n) is 1.90. The van der Waals surface area contributed by atoms with Crippen LogP contribution in [-0.4, -0.2) is 13.5 Å². The van der Waals surface area contributed by atoms with Crippen molar-refractivity contribution in [1.82, 2.24) is 0 Å². The van der Waals surface area contributed by atoms with Crippen LogP contribution < -0.4 is 4.72 Å². The molecule has 0 saturated heterocycles. The van der Waals surface area contributed by atoms with Crippen LogP contribution in [0, 0.1) is 6.92 Å². The molecule has 0 fully saturated rings. The van der Waals surface area contributed by atoms with E-state index in [1.54, 1.807) is 37.3 Å². The van der Waals surface area contributed by atoms with E-state index < -0.39 is 10.0 Å². The highest BCUT2D eigenvalue weighted by Gasteiger charge is 2.19. The second kappa shape index (κ2) is 6.36. The van der Waals surface area contributed by atoms with E-state index in [1.807, 2.05) is 0 Å². The van der Waals surface area contributed by atoms with Gasteiger partial charge in [-0.3, -0.25) is 4.72 Å². The molecule has 2 N–H and O–H groups in total. The van der Waals surface area contributed by atoms with Crippen LogP contribution in [0.15, 0.2) is 45.8 Å². The molecule has 0 aliphatic heterocycles. The highest BCUT2D eigenvalue weighted by Crippen LogP contribution is 2.29. The summed E-state index contributed by atoms with van der Waals surface area (Å²) in [6.07, 6.45) is 0. The van der Waals surface area contributed by atoms with E-state index in [9.17, 15) is 13.5 Å². The molecule has 0 aliphatic carbocycles. The van der Waals surface area contributed by atoms with Gasteiger partial charge in [0.25, 0.3) is 10.0 Å². The van der Waals surface area contributed by atoms with E-state index in [2.05, 4.69) is 20.7 Å². The summed E-state index contributed by atoms with van der Waals surface area (Å²) in [5, 5.41) is 9.54. The van der Waals surface area contributed by atoms with Gasteiger partial charge >= 0.3 is 0 Å². The van der Waals surface area contributed by atoms with E-state index in [0.717, 1.165) is 0 Å². The normalized spacial score (nSPS) is 11.4. The lowest BCUT2D eigenvalue weighted by atomic mass is 10.1. The van der Waals surface area contributed by atoms with E-state index in [0.29, 0.717) is 26.3 Å². The minimum absolute atomic E-state index is 0.116. The standard InChI is InChI=1S/C14H13BrClNO3S/c1-9-10(8-18)3-2-4-14(9)21(19,20)17-13-7-11(15)5-6-12(13)16/h2-7,17-18H,8H2,1H3.